The van der Waals surface area contributed by atoms with E-state index in [2.05, 4.69) is 10.3 Å². The first-order valence-electron chi connectivity index (χ1n) is 4.31. The molecule has 0 aliphatic carbocycles. The van der Waals surface area contributed by atoms with Crippen LogP contribution in [0.5, 0.6) is 0 Å². The fourth-order valence-corrected chi connectivity index (χ4v) is 2.57. The van der Waals surface area contributed by atoms with Gasteiger partial charge in [0.2, 0.25) is 0 Å². The Hall–Kier alpha value is -0.350. The number of carbonyl (C=O) groups excluding carboxylic acids is 1. The van der Waals surface area contributed by atoms with E-state index in [1.165, 1.54) is 0 Å². The average molecular weight is 184 g/mol. The van der Waals surface area contributed by atoms with Gasteiger partial charge >= 0.3 is 0 Å². The Morgan fingerprint density at radius 1 is 1.42 bits per heavy atom. The summed E-state index contributed by atoms with van der Waals surface area (Å²) >= 11 is 1.63. The Kier molecular flexibility index (Phi) is 2.46. The van der Waals surface area contributed by atoms with E-state index in [0.717, 1.165) is 31.0 Å². The van der Waals surface area contributed by atoms with Crippen LogP contribution in [0.1, 0.15) is 12.8 Å². The van der Waals surface area contributed by atoms with Crippen molar-refractivity contribution in [1.82, 2.24) is 5.32 Å². The van der Waals surface area contributed by atoms with Crippen molar-refractivity contribution >= 4 is 22.7 Å². The summed E-state index contributed by atoms with van der Waals surface area (Å²) in [6.45, 7) is 2.14. The first kappa shape index (κ1) is 8.26. The highest BCUT2D eigenvalue weighted by Crippen LogP contribution is 2.25. The normalized spacial score (nSPS) is 26.0. The third-order valence-electron chi connectivity index (χ3n) is 2.27. The molecule has 12 heavy (non-hydrogen) atoms. The quantitative estimate of drug-likeness (QED) is 0.651. The van der Waals surface area contributed by atoms with E-state index < -0.39 is 0 Å². The predicted octanol–water partition coefficient (Wildman–Crippen LogP) is 0.658. The fraction of sp³-hybridized carbons (Fsp3) is 0.750. The lowest BCUT2D eigenvalue weighted by Crippen LogP contribution is -2.30. The minimum atomic E-state index is 0.0496. The van der Waals surface area contributed by atoms with E-state index >= 15 is 0 Å². The van der Waals surface area contributed by atoms with Gasteiger partial charge in [-0.25, -0.2) is 4.99 Å². The summed E-state index contributed by atoms with van der Waals surface area (Å²) in [6, 6.07) is 0. The molecular weight excluding hydrogens is 172 g/mol. The number of nitrogens with zero attached hydrogens (tertiary/aromatic N) is 1. The van der Waals surface area contributed by atoms with Crippen molar-refractivity contribution in [3.05, 3.63) is 0 Å². The zero-order chi connectivity index (χ0) is 8.39. The van der Waals surface area contributed by atoms with E-state index in [1.807, 2.05) is 0 Å². The molecule has 1 saturated heterocycles. The number of hydrogen-bond acceptors (Lipinski definition) is 3. The average Bonchev–Trinajstić information content (AvgIpc) is 2.54. The number of aliphatic imine (C=N–C) groups is 1. The SMILES string of the molecule is O=C1CSC(C2CCNCC2)=N1. The predicted molar refractivity (Wildman–Crippen MR) is 50.5 cm³/mol. The monoisotopic (exact) mass is 184 g/mol. The Bertz CT molecular complexity index is 221. The van der Waals surface area contributed by atoms with Gasteiger partial charge in [-0.2, -0.15) is 0 Å². The summed E-state index contributed by atoms with van der Waals surface area (Å²) in [6.07, 6.45) is 2.28. The minimum absolute atomic E-state index is 0.0496. The van der Waals surface area contributed by atoms with Crippen LogP contribution in [0.2, 0.25) is 0 Å². The number of hydrogen-bond donors (Lipinski definition) is 1. The van der Waals surface area contributed by atoms with Crippen molar-refractivity contribution in [2.45, 2.75) is 12.8 Å². The van der Waals surface area contributed by atoms with Crippen LogP contribution in [-0.2, 0) is 4.79 Å². The molecular formula is C8H12N2OS. The Labute approximate surface area is 76.0 Å². The molecule has 4 heteroatoms. The van der Waals surface area contributed by atoms with Crippen molar-refractivity contribution in [3.63, 3.8) is 0 Å². The standard InChI is InChI=1S/C8H12N2OS/c11-7-5-12-8(10-7)6-1-3-9-4-2-6/h6,9H,1-5H2. The molecule has 0 aromatic carbocycles. The van der Waals surface area contributed by atoms with Crippen LogP contribution >= 0.6 is 11.8 Å². The van der Waals surface area contributed by atoms with Crippen LogP contribution in [0.15, 0.2) is 4.99 Å². The molecule has 0 unspecified atom stereocenters. The van der Waals surface area contributed by atoms with Crippen LogP contribution in [0.25, 0.3) is 0 Å². The molecule has 0 aromatic rings. The van der Waals surface area contributed by atoms with Gasteiger partial charge in [0.25, 0.3) is 5.91 Å². The summed E-state index contributed by atoms with van der Waals surface area (Å²) in [5.74, 6) is 1.18. The van der Waals surface area contributed by atoms with Crippen LogP contribution in [0.4, 0.5) is 0 Å². The minimum Gasteiger partial charge on any atom is -0.317 e. The van der Waals surface area contributed by atoms with Gasteiger partial charge in [0, 0.05) is 5.92 Å². The third-order valence-corrected chi connectivity index (χ3v) is 3.38. The lowest BCUT2D eigenvalue weighted by molar-refractivity contribution is -0.115. The van der Waals surface area contributed by atoms with Gasteiger partial charge in [-0.15, -0.1) is 11.8 Å². The maximum absolute atomic E-state index is 10.9. The molecule has 2 rings (SSSR count). The Morgan fingerprint density at radius 3 is 2.75 bits per heavy atom. The molecule has 3 nitrogen and oxygen atoms in total. The molecule has 1 fully saturated rings. The van der Waals surface area contributed by atoms with Crippen molar-refractivity contribution in [2.24, 2.45) is 10.9 Å². The molecule has 2 aliphatic heterocycles. The van der Waals surface area contributed by atoms with Gasteiger partial charge in [0.05, 0.1) is 10.8 Å². The van der Waals surface area contributed by atoms with Crippen LogP contribution in [-0.4, -0.2) is 29.8 Å². The fourth-order valence-electron chi connectivity index (χ4n) is 1.60. The van der Waals surface area contributed by atoms with Crippen molar-refractivity contribution in [3.8, 4) is 0 Å². The van der Waals surface area contributed by atoms with Gasteiger partial charge in [0.15, 0.2) is 0 Å². The molecule has 2 aliphatic rings. The molecule has 66 valence electrons. The van der Waals surface area contributed by atoms with Crippen LogP contribution < -0.4 is 5.32 Å². The molecule has 0 radical (unpaired) electrons. The van der Waals surface area contributed by atoms with Gasteiger partial charge in [0.1, 0.15) is 0 Å². The summed E-state index contributed by atoms with van der Waals surface area (Å²) in [5.41, 5.74) is 0. The van der Waals surface area contributed by atoms with E-state index in [4.69, 9.17) is 0 Å². The largest absolute Gasteiger partial charge is 0.317 e. The lowest BCUT2D eigenvalue weighted by Gasteiger charge is -2.21. The number of nitrogens with one attached hydrogen (secondary N) is 1. The number of piperidine rings is 1. The van der Waals surface area contributed by atoms with E-state index in [0.29, 0.717) is 11.7 Å². The second-order valence-corrected chi connectivity index (χ2v) is 4.15. The molecule has 0 bridgehead atoms. The van der Waals surface area contributed by atoms with Gasteiger partial charge in [-0.3, -0.25) is 4.79 Å². The lowest BCUT2D eigenvalue weighted by atomic mass is 9.99. The highest BCUT2D eigenvalue weighted by Gasteiger charge is 2.24. The zero-order valence-electron chi connectivity index (χ0n) is 6.88. The van der Waals surface area contributed by atoms with Crippen molar-refractivity contribution in [1.29, 1.82) is 0 Å². The highest BCUT2D eigenvalue weighted by atomic mass is 32.2. The van der Waals surface area contributed by atoms with Crippen molar-refractivity contribution in [2.75, 3.05) is 18.8 Å². The second kappa shape index (κ2) is 3.58. The van der Waals surface area contributed by atoms with Gasteiger partial charge in [-0.1, -0.05) is 0 Å². The highest BCUT2D eigenvalue weighted by molar-refractivity contribution is 8.15. The number of rotatable bonds is 1. The number of carbonyl (C=O) groups is 1. The summed E-state index contributed by atoms with van der Waals surface area (Å²) in [5, 5.41) is 4.38. The molecule has 0 atom stereocenters. The van der Waals surface area contributed by atoms with E-state index in [1.54, 1.807) is 11.8 Å². The molecule has 1 amide bonds. The van der Waals surface area contributed by atoms with Crippen LogP contribution in [0, 0.1) is 5.92 Å². The summed E-state index contributed by atoms with van der Waals surface area (Å²) < 4.78 is 0. The third kappa shape index (κ3) is 1.69. The van der Waals surface area contributed by atoms with Gasteiger partial charge in [-0.05, 0) is 25.9 Å². The topological polar surface area (TPSA) is 41.5 Å². The zero-order valence-corrected chi connectivity index (χ0v) is 7.69. The Morgan fingerprint density at radius 2 is 2.17 bits per heavy atom. The molecule has 2 heterocycles. The van der Waals surface area contributed by atoms with E-state index in [9.17, 15) is 4.79 Å². The maximum atomic E-state index is 10.9. The number of amides is 1. The molecule has 0 spiro atoms. The summed E-state index contributed by atoms with van der Waals surface area (Å²) in [4.78, 5) is 14.9. The molecule has 0 aromatic heterocycles. The molecule has 0 saturated carbocycles. The first-order valence-corrected chi connectivity index (χ1v) is 5.30. The van der Waals surface area contributed by atoms with E-state index in [-0.39, 0.29) is 5.91 Å². The maximum Gasteiger partial charge on any atom is 0.256 e. The molecule has 1 N–H and O–H groups in total. The number of thioether (sulfide) groups is 1. The smallest absolute Gasteiger partial charge is 0.256 e. The van der Waals surface area contributed by atoms with Gasteiger partial charge < -0.3 is 5.32 Å². The van der Waals surface area contributed by atoms with Crippen LogP contribution in [0.3, 0.4) is 0 Å². The van der Waals surface area contributed by atoms with Crippen molar-refractivity contribution < 1.29 is 4.79 Å². The second-order valence-electron chi connectivity index (χ2n) is 3.16. The Balaban J connectivity index is 1.99. The first-order chi connectivity index (χ1) is 5.86. The summed E-state index contributed by atoms with van der Waals surface area (Å²) in [7, 11) is 0.